The monoisotopic (exact) mass is 197 g/mol. The average Bonchev–Trinajstić information content (AvgIpc) is 2.03. The standard InChI is InChI=1S/C9H11NO2S/c1-6(11)7-3-2-4-8(5-7)10-9(12)13/h3,5H,2,4H2,1H3,(H2,10,12,13). The fourth-order valence-electron chi connectivity index (χ4n) is 1.18. The number of hydrogen-bond acceptors (Lipinski definition) is 2. The first-order valence-electron chi connectivity index (χ1n) is 4.01. The van der Waals surface area contributed by atoms with Crippen molar-refractivity contribution in [1.29, 1.82) is 0 Å². The summed E-state index contributed by atoms with van der Waals surface area (Å²) < 4.78 is 0. The van der Waals surface area contributed by atoms with Crippen molar-refractivity contribution in [1.82, 2.24) is 5.32 Å². The maximum absolute atomic E-state index is 11.0. The van der Waals surface area contributed by atoms with Crippen LogP contribution >= 0.6 is 12.6 Å². The highest BCUT2D eigenvalue weighted by Crippen LogP contribution is 2.15. The van der Waals surface area contributed by atoms with Crippen LogP contribution in [0.1, 0.15) is 19.8 Å². The smallest absolute Gasteiger partial charge is 0.280 e. The van der Waals surface area contributed by atoms with Crippen LogP contribution < -0.4 is 5.32 Å². The van der Waals surface area contributed by atoms with Crippen LogP contribution in [0.15, 0.2) is 23.4 Å². The zero-order valence-corrected chi connectivity index (χ0v) is 8.23. The predicted octanol–water partition coefficient (Wildman–Crippen LogP) is 1.82. The summed E-state index contributed by atoms with van der Waals surface area (Å²) in [6.07, 6.45) is 5.11. The Hall–Kier alpha value is -1.03. The van der Waals surface area contributed by atoms with Crippen molar-refractivity contribution in [2.24, 2.45) is 0 Å². The van der Waals surface area contributed by atoms with E-state index in [9.17, 15) is 9.59 Å². The van der Waals surface area contributed by atoms with Crippen molar-refractivity contribution < 1.29 is 9.59 Å². The van der Waals surface area contributed by atoms with Gasteiger partial charge in [-0.05, 0) is 25.8 Å². The Morgan fingerprint density at radius 2 is 2.23 bits per heavy atom. The molecule has 0 radical (unpaired) electrons. The summed E-state index contributed by atoms with van der Waals surface area (Å²) in [6, 6.07) is 0. The molecule has 0 saturated heterocycles. The van der Waals surface area contributed by atoms with E-state index in [2.05, 4.69) is 17.9 Å². The first kappa shape index (κ1) is 10.1. The van der Waals surface area contributed by atoms with Crippen LogP contribution in [0.3, 0.4) is 0 Å². The molecule has 3 nitrogen and oxygen atoms in total. The summed E-state index contributed by atoms with van der Waals surface area (Å²) in [5.41, 5.74) is 1.41. The Morgan fingerprint density at radius 3 is 2.77 bits per heavy atom. The van der Waals surface area contributed by atoms with Crippen LogP contribution in [0.25, 0.3) is 0 Å². The van der Waals surface area contributed by atoms with Crippen LogP contribution in [0.4, 0.5) is 4.79 Å². The highest BCUT2D eigenvalue weighted by molar-refractivity contribution is 7.96. The van der Waals surface area contributed by atoms with Gasteiger partial charge in [0.2, 0.25) is 0 Å². The second-order valence-corrected chi connectivity index (χ2v) is 3.26. The Kier molecular flexibility index (Phi) is 3.31. The summed E-state index contributed by atoms with van der Waals surface area (Å²) in [5.74, 6) is 0.0191. The minimum atomic E-state index is -0.393. The molecule has 0 aromatic carbocycles. The number of carbonyl (C=O) groups is 2. The number of carbonyl (C=O) groups excluding carboxylic acids is 2. The van der Waals surface area contributed by atoms with Gasteiger partial charge in [-0.25, -0.2) is 0 Å². The fraction of sp³-hybridized carbons (Fsp3) is 0.333. The van der Waals surface area contributed by atoms with Gasteiger partial charge in [0.1, 0.15) is 0 Å². The van der Waals surface area contributed by atoms with Crippen molar-refractivity contribution in [3.63, 3.8) is 0 Å². The molecule has 13 heavy (non-hydrogen) atoms. The van der Waals surface area contributed by atoms with Crippen LogP contribution in [0, 0.1) is 0 Å². The largest absolute Gasteiger partial charge is 0.321 e. The third-order valence-electron chi connectivity index (χ3n) is 1.78. The number of nitrogens with one attached hydrogen (secondary N) is 1. The number of amides is 1. The molecule has 1 N–H and O–H groups in total. The summed E-state index contributed by atoms with van der Waals surface area (Å²) >= 11 is 3.59. The van der Waals surface area contributed by atoms with E-state index in [1.165, 1.54) is 6.92 Å². The molecule has 0 saturated carbocycles. The van der Waals surface area contributed by atoms with E-state index in [0.717, 1.165) is 18.5 Å². The van der Waals surface area contributed by atoms with Crippen molar-refractivity contribution >= 4 is 23.7 Å². The first-order chi connectivity index (χ1) is 6.09. The Bertz CT molecular complexity index is 305. The fourth-order valence-corrected chi connectivity index (χ4v) is 1.33. The minimum Gasteiger partial charge on any atom is -0.321 e. The van der Waals surface area contributed by atoms with Gasteiger partial charge in [0, 0.05) is 11.3 Å². The third kappa shape index (κ3) is 3.06. The Morgan fingerprint density at radius 1 is 1.54 bits per heavy atom. The summed E-state index contributed by atoms with van der Waals surface area (Å²) in [4.78, 5) is 21.6. The van der Waals surface area contributed by atoms with E-state index in [4.69, 9.17) is 0 Å². The minimum absolute atomic E-state index is 0.0191. The highest BCUT2D eigenvalue weighted by Gasteiger charge is 2.09. The summed E-state index contributed by atoms with van der Waals surface area (Å²) in [7, 11) is 0. The molecule has 1 aliphatic carbocycles. The zero-order chi connectivity index (χ0) is 9.84. The molecule has 0 aromatic rings. The summed E-state index contributed by atoms with van der Waals surface area (Å²) in [5, 5.41) is 2.17. The molecule has 0 heterocycles. The predicted molar refractivity (Wildman–Crippen MR) is 53.6 cm³/mol. The zero-order valence-electron chi connectivity index (χ0n) is 7.33. The van der Waals surface area contributed by atoms with Gasteiger partial charge in [-0.3, -0.25) is 9.59 Å². The van der Waals surface area contributed by atoms with E-state index in [0.29, 0.717) is 5.57 Å². The number of hydrogen-bond donors (Lipinski definition) is 2. The lowest BCUT2D eigenvalue weighted by Crippen LogP contribution is -2.18. The quantitative estimate of drug-likeness (QED) is 0.663. The Labute approximate surface area is 82.3 Å². The van der Waals surface area contributed by atoms with Gasteiger partial charge >= 0.3 is 0 Å². The molecule has 0 atom stereocenters. The molecule has 0 bridgehead atoms. The summed E-state index contributed by atoms with van der Waals surface area (Å²) in [6.45, 7) is 1.51. The topological polar surface area (TPSA) is 46.2 Å². The SMILES string of the molecule is CC(=O)C1=CCCC(NC(=O)S)=C1. The molecule has 0 fully saturated rings. The first-order valence-corrected chi connectivity index (χ1v) is 4.46. The van der Waals surface area contributed by atoms with E-state index in [1.807, 2.05) is 6.08 Å². The van der Waals surface area contributed by atoms with Gasteiger partial charge in [0.05, 0.1) is 0 Å². The molecule has 1 aliphatic rings. The molecule has 0 aliphatic heterocycles. The molecule has 0 unspecified atom stereocenters. The van der Waals surface area contributed by atoms with Crippen molar-refractivity contribution in [3.05, 3.63) is 23.4 Å². The van der Waals surface area contributed by atoms with E-state index >= 15 is 0 Å². The van der Waals surface area contributed by atoms with E-state index in [-0.39, 0.29) is 5.78 Å². The molecular weight excluding hydrogens is 186 g/mol. The van der Waals surface area contributed by atoms with Crippen LogP contribution in [-0.2, 0) is 4.79 Å². The molecular formula is C9H11NO2S. The third-order valence-corrected chi connectivity index (χ3v) is 1.89. The molecule has 4 heteroatoms. The normalized spacial score (nSPS) is 15.8. The lowest BCUT2D eigenvalue weighted by Gasteiger charge is -2.11. The van der Waals surface area contributed by atoms with Crippen molar-refractivity contribution in [3.8, 4) is 0 Å². The van der Waals surface area contributed by atoms with Gasteiger partial charge < -0.3 is 5.32 Å². The van der Waals surface area contributed by atoms with Crippen LogP contribution in [0.5, 0.6) is 0 Å². The second-order valence-electron chi connectivity index (χ2n) is 2.85. The Balaban J connectivity index is 2.72. The molecule has 1 rings (SSSR count). The highest BCUT2D eigenvalue weighted by atomic mass is 32.1. The van der Waals surface area contributed by atoms with Gasteiger partial charge in [0.25, 0.3) is 5.24 Å². The van der Waals surface area contributed by atoms with E-state index in [1.54, 1.807) is 6.08 Å². The van der Waals surface area contributed by atoms with Gasteiger partial charge in [-0.1, -0.05) is 18.7 Å². The second kappa shape index (κ2) is 4.28. The lowest BCUT2D eigenvalue weighted by molar-refractivity contribution is -0.113. The molecule has 70 valence electrons. The number of ketones is 1. The van der Waals surface area contributed by atoms with Gasteiger partial charge in [-0.2, -0.15) is 0 Å². The number of allylic oxidation sites excluding steroid dienone is 4. The van der Waals surface area contributed by atoms with Crippen molar-refractivity contribution in [2.75, 3.05) is 0 Å². The van der Waals surface area contributed by atoms with Gasteiger partial charge in [-0.15, -0.1) is 0 Å². The number of rotatable bonds is 2. The lowest BCUT2D eigenvalue weighted by atomic mass is 10.0. The van der Waals surface area contributed by atoms with Crippen LogP contribution in [-0.4, -0.2) is 11.0 Å². The molecule has 0 aromatic heterocycles. The van der Waals surface area contributed by atoms with Crippen LogP contribution in [0.2, 0.25) is 0 Å². The van der Waals surface area contributed by atoms with E-state index < -0.39 is 5.24 Å². The van der Waals surface area contributed by atoms with Crippen molar-refractivity contribution in [2.45, 2.75) is 19.8 Å². The molecule has 1 amide bonds. The number of Topliss-reactive ketones (excluding diaryl/α,β-unsaturated/α-hetero) is 1. The average molecular weight is 197 g/mol. The molecule has 0 spiro atoms. The maximum atomic E-state index is 11.0. The van der Waals surface area contributed by atoms with Gasteiger partial charge in [0.15, 0.2) is 5.78 Å². The number of thiol groups is 1. The maximum Gasteiger partial charge on any atom is 0.280 e.